The summed E-state index contributed by atoms with van der Waals surface area (Å²) in [6.07, 6.45) is 0. The first-order valence-electron chi connectivity index (χ1n) is 5.91. The van der Waals surface area contributed by atoms with E-state index in [9.17, 15) is 0 Å². The quantitative estimate of drug-likeness (QED) is 0.846. The average Bonchev–Trinajstić information content (AvgIpc) is 2.28. The summed E-state index contributed by atoms with van der Waals surface area (Å²) in [6, 6.07) is 12.4. The summed E-state index contributed by atoms with van der Waals surface area (Å²) in [6.45, 7) is 6.38. The number of rotatable bonds is 2. The molecule has 0 fully saturated rings. The second-order valence-corrected chi connectivity index (χ2v) is 4.69. The number of nitrogens with zero attached hydrogens (tertiary/aromatic N) is 1. The van der Waals surface area contributed by atoms with E-state index >= 15 is 0 Å². The molecule has 0 bridgehead atoms. The van der Waals surface area contributed by atoms with E-state index in [-0.39, 0.29) is 0 Å². The van der Waals surface area contributed by atoms with Gasteiger partial charge in [0.15, 0.2) is 0 Å². The number of benzene rings is 1. The van der Waals surface area contributed by atoms with Gasteiger partial charge in [0.05, 0.1) is 5.69 Å². The maximum atomic E-state index is 5.76. The minimum absolute atomic E-state index is 0.369. The van der Waals surface area contributed by atoms with Crippen LogP contribution >= 0.6 is 0 Å². The third-order valence-corrected chi connectivity index (χ3v) is 2.82. The van der Waals surface area contributed by atoms with Crippen LogP contribution in [0.3, 0.4) is 0 Å². The molecule has 0 saturated carbocycles. The molecule has 0 unspecified atom stereocenters. The maximum absolute atomic E-state index is 5.76. The second kappa shape index (κ2) is 4.58. The van der Waals surface area contributed by atoms with Gasteiger partial charge in [0.25, 0.3) is 0 Å². The van der Waals surface area contributed by atoms with E-state index in [2.05, 4.69) is 56.1 Å². The van der Waals surface area contributed by atoms with Gasteiger partial charge in [-0.3, -0.25) is 0 Å². The third-order valence-electron chi connectivity index (χ3n) is 2.82. The van der Waals surface area contributed by atoms with Crippen LogP contribution in [0.1, 0.15) is 31.0 Å². The van der Waals surface area contributed by atoms with Crippen LogP contribution in [0, 0.1) is 6.92 Å². The van der Waals surface area contributed by atoms with E-state index in [1.165, 1.54) is 16.7 Å². The molecule has 0 aliphatic rings. The molecular formula is C15H18N2. The van der Waals surface area contributed by atoms with Crippen LogP contribution in [-0.2, 0) is 0 Å². The fraction of sp³-hybridized carbons (Fsp3) is 0.267. The van der Waals surface area contributed by atoms with Crippen molar-refractivity contribution in [2.75, 3.05) is 5.73 Å². The minimum atomic E-state index is 0.369. The number of hydrogen-bond acceptors (Lipinski definition) is 2. The summed E-state index contributed by atoms with van der Waals surface area (Å²) in [4.78, 5) is 4.46. The van der Waals surface area contributed by atoms with Crippen molar-refractivity contribution in [2.45, 2.75) is 26.7 Å². The first-order chi connectivity index (χ1) is 8.08. The van der Waals surface area contributed by atoms with E-state index in [1.807, 2.05) is 6.07 Å². The molecule has 17 heavy (non-hydrogen) atoms. The summed E-state index contributed by atoms with van der Waals surface area (Å²) < 4.78 is 0. The van der Waals surface area contributed by atoms with Gasteiger partial charge in [0.2, 0.25) is 0 Å². The van der Waals surface area contributed by atoms with Gasteiger partial charge >= 0.3 is 0 Å². The van der Waals surface area contributed by atoms with Crippen molar-refractivity contribution in [3.05, 3.63) is 47.7 Å². The molecule has 0 saturated heterocycles. The van der Waals surface area contributed by atoms with E-state index in [0.717, 1.165) is 5.69 Å². The largest absolute Gasteiger partial charge is 0.384 e. The van der Waals surface area contributed by atoms with E-state index in [0.29, 0.717) is 11.7 Å². The van der Waals surface area contributed by atoms with Crippen molar-refractivity contribution in [2.24, 2.45) is 0 Å². The molecule has 0 radical (unpaired) electrons. The molecule has 88 valence electrons. The van der Waals surface area contributed by atoms with Crippen molar-refractivity contribution in [3.8, 4) is 11.1 Å². The van der Waals surface area contributed by atoms with Gasteiger partial charge in [-0.1, -0.05) is 43.7 Å². The van der Waals surface area contributed by atoms with Gasteiger partial charge in [0.1, 0.15) is 5.82 Å². The Morgan fingerprint density at radius 2 is 1.88 bits per heavy atom. The second-order valence-electron chi connectivity index (χ2n) is 4.69. The Morgan fingerprint density at radius 3 is 2.53 bits per heavy atom. The summed E-state index contributed by atoms with van der Waals surface area (Å²) >= 11 is 0. The van der Waals surface area contributed by atoms with Crippen LogP contribution in [-0.4, -0.2) is 4.98 Å². The number of nitrogen functional groups attached to an aromatic ring is 1. The Morgan fingerprint density at radius 1 is 1.12 bits per heavy atom. The number of aryl methyl sites for hydroxylation is 1. The average molecular weight is 226 g/mol. The molecule has 2 nitrogen and oxygen atoms in total. The smallest absolute Gasteiger partial charge is 0.123 e. The topological polar surface area (TPSA) is 38.9 Å². The first kappa shape index (κ1) is 11.6. The van der Waals surface area contributed by atoms with Gasteiger partial charge in [-0.15, -0.1) is 0 Å². The van der Waals surface area contributed by atoms with Crippen LogP contribution in [0.25, 0.3) is 11.1 Å². The maximum Gasteiger partial charge on any atom is 0.123 e. The van der Waals surface area contributed by atoms with Crippen LogP contribution < -0.4 is 5.73 Å². The molecule has 2 heteroatoms. The Kier molecular flexibility index (Phi) is 3.14. The molecule has 0 spiro atoms. The molecule has 0 aliphatic carbocycles. The standard InChI is InChI=1S/C15H18N2/c1-10(2)15-13(7-8-14(16)17-15)12-6-4-5-11(3)9-12/h4-10H,1-3H3,(H2,16,17). The fourth-order valence-electron chi connectivity index (χ4n) is 1.99. The highest BCUT2D eigenvalue weighted by Crippen LogP contribution is 2.28. The summed E-state index contributed by atoms with van der Waals surface area (Å²) in [5.41, 5.74) is 10.5. The molecule has 1 aromatic heterocycles. The summed E-state index contributed by atoms with van der Waals surface area (Å²) in [5, 5.41) is 0. The van der Waals surface area contributed by atoms with E-state index in [4.69, 9.17) is 5.73 Å². The van der Waals surface area contributed by atoms with Gasteiger partial charge in [-0.25, -0.2) is 4.98 Å². The summed E-state index contributed by atoms with van der Waals surface area (Å²) in [7, 11) is 0. The molecule has 0 aliphatic heterocycles. The third kappa shape index (κ3) is 2.47. The minimum Gasteiger partial charge on any atom is -0.384 e. The van der Waals surface area contributed by atoms with Crippen LogP contribution in [0.5, 0.6) is 0 Å². The highest BCUT2D eigenvalue weighted by atomic mass is 14.8. The molecular weight excluding hydrogens is 208 g/mol. The predicted molar refractivity (Wildman–Crippen MR) is 72.9 cm³/mol. The van der Waals surface area contributed by atoms with Crippen molar-refractivity contribution in [1.29, 1.82) is 0 Å². The number of anilines is 1. The van der Waals surface area contributed by atoms with Crippen LogP contribution in [0.2, 0.25) is 0 Å². The zero-order valence-corrected chi connectivity index (χ0v) is 10.6. The molecule has 0 atom stereocenters. The fourth-order valence-corrected chi connectivity index (χ4v) is 1.99. The Bertz CT molecular complexity index is 530. The zero-order chi connectivity index (χ0) is 12.4. The highest BCUT2D eigenvalue weighted by Gasteiger charge is 2.10. The van der Waals surface area contributed by atoms with E-state index in [1.54, 1.807) is 0 Å². The molecule has 1 heterocycles. The van der Waals surface area contributed by atoms with Gasteiger partial charge in [-0.2, -0.15) is 0 Å². The Labute approximate surface area is 103 Å². The number of pyridine rings is 1. The lowest BCUT2D eigenvalue weighted by Gasteiger charge is -2.13. The lowest BCUT2D eigenvalue weighted by atomic mass is 9.96. The number of nitrogens with two attached hydrogens (primary N) is 1. The summed E-state index contributed by atoms with van der Waals surface area (Å²) in [5.74, 6) is 0.958. The van der Waals surface area contributed by atoms with Crippen molar-refractivity contribution in [1.82, 2.24) is 4.98 Å². The molecule has 2 N–H and O–H groups in total. The molecule has 1 aromatic carbocycles. The Balaban J connectivity index is 2.59. The lowest BCUT2D eigenvalue weighted by Crippen LogP contribution is -2.00. The van der Waals surface area contributed by atoms with Crippen molar-refractivity contribution in [3.63, 3.8) is 0 Å². The van der Waals surface area contributed by atoms with Crippen LogP contribution in [0.15, 0.2) is 36.4 Å². The number of aromatic nitrogens is 1. The normalized spacial score (nSPS) is 10.8. The van der Waals surface area contributed by atoms with Crippen molar-refractivity contribution >= 4 is 5.82 Å². The first-order valence-corrected chi connectivity index (χ1v) is 5.91. The van der Waals surface area contributed by atoms with Gasteiger partial charge in [0, 0.05) is 5.56 Å². The predicted octanol–water partition coefficient (Wildman–Crippen LogP) is 3.76. The molecule has 2 aromatic rings. The highest BCUT2D eigenvalue weighted by molar-refractivity contribution is 5.68. The molecule has 0 amide bonds. The van der Waals surface area contributed by atoms with Crippen LogP contribution in [0.4, 0.5) is 5.82 Å². The zero-order valence-electron chi connectivity index (χ0n) is 10.6. The Hall–Kier alpha value is -1.83. The van der Waals surface area contributed by atoms with E-state index < -0.39 is 0 Å². The lowest BCUT2D eigenvalue weighted by molar-refractivity contribution is 0.828. The number of hydrogen-bond donors (Lipinski definition) is 1. The van der Waals surface area contributed by atoms with Gasteiger partial charge < -0.3 is 5.73 Å². The van der Waals surface area contributed by atoms with Gasteiger partial charge in [-0.05, 0) is 30.5 Å². The SMILES string of the molecule is Cc1cccc(-c2ccc(N)nc2C(C)C)c1. The van der Waals surface area contributed by atoms with Crippen molar-refractivity contribution < 1.29 is 0 Å². The monoisotopic (exact) mass is 226 g/mol. The molecule has 2 rings (SSSR count).